The van der Waals surface area contributed by atoms with E-state index in [0.29, 0.717) is 19.3 Å². The molecule has 1 heterocycles. The van der Waals surface area contributed by atoms with Crippen molar-refractivity contribution in [3.8, 4) is 0 Å². The summed E-state index contributed by atoms with van der Waals surface area (Å²) in [5.41, 5.74) is 0.233. The number of carbonyl (C=O) groups is 3. The Morgan fingerprint density at radius 1 is 1.19 bits per heavy atom. The SMILES string of the molecule is CC(C)(C)OC(=O)N1C(=O)C2CC1CCC2NC(=O)OCc1ccccc1. The summed E-state index contributed by atoms with van der Waals surface area (Å²) in [4.78, 5) is 38.4. The fourth-order valence-electron chi connectivity index (χ4n) is 3.65. The first-order chi connectivity index (χ1) is 12.7. The number of nitrogens with one attached hydrogen (secondary N) is 1. The fraction of sp³-hybridized carbons (Fsp3) is 0.550. The Morgan fingerprint density at radius 3 is 2.56 bits per heavy atom. The number of likely N-dealkylation sites (tertiary alicyclic amines) is 1. The van der Waals surface area contributed by atoms with E-state index in [9.17, 15) is 14.4 Å². The molecule has 1 aliphatic carbocycles. The van der Waals surface area contributed by atoms with Gasteiger partial charge in [-0.15, -0.1) is 0 Å². The van der Waals surface area contributed by atoms with Crippen molar-refractivity contribution >= 4 is 18.1 Å². The van der Waals surface area contributed by atoms with E-state index in [1.807, 2.05) is 30.3 Å². The molecular weight excluding hydrogens is 348 g/mol. The van der Waals surface area contributed by atoms with E-state index in [0.717, 1.165) is 5.56 Å². The molecule has 1 saturated carbocycles. The van der Waals surface area contributed by atoms with Crippen LogP contribution in [0.4, 0.5) is 9.59 Å². The van der Waals surface area contributed by atoms with Gasteiger partial charge in [0, 0.05) is 12.1 Å². The molecule has 1 saturated heterocycles. The summed E-state index contributed by atoms with van der Waals surface area (Å²) < 4.78 is 10.6. The predicted molar refractivity (Wildman–Crippen MR) is 97.8 cm³/mol. The molecule has 7 nitrogen and oxygen atoms in total. The van der Waals surface area contributed by atoms with E-state index in [4.69, 9.17) is 9.47 Å². The number of rotatable bonds is 3. The molecule has 3 atom stereocenters. The van der Waals surface area contributed by atoms with E-state index in [-0.39, 0.29) is 24.6 Å². The number of hydrogen-bond acceptors (Lipinski definition) is 5. The molecule has 0 spiro atoms. The Hall–Kier alpha value is -2.57. The van der Waals surface area contributed by atoms with Crippen LogP contribution in [0.3, 0.4) is 0 Å². The minimum atomic E-state index is -0.660. The van der Waals surface area contributed by atoms with Crippen molar-refractivity contribution in [2.24, 2.45) is 5.92 Å². The van der Waals surface area contributed by atoms with Gasteiger partial charge in [-0.1, -0.05) is 30.3 Å². The molecule has 3 amide bonds. The smallest absolute Gasteiger partial charge is 0.417 e. The van der Waals surface area contributed by atoms with E-state index < -0.39 is 23.7 Å². The Labute approximate surface area is 159 Å². The first-order valence-corrected chi connectivity index (χ1v) is 9.28. The van der Waals surface area contributed by atoms with Gasteiger partial charge in [-0.2, -0.15) is 0 Å². The van der Waals surface area contributed by atoms with Crippen LogP contribution in [0, 0.1) is 5.92 Å². The van der Waals surface area contributed by atoms with Crippen molar-refractivity contribution in [1.82, 2.24) is 10.2 Å². The molecule has 0 aromatic heterocycles. The molecule has 2 bridgehead atoms. The normalized spacial score (nSPS) is 24.5. The maximum atomic E-state index is 12.7. The molecule has 7 heteroatoms. The lowest BCUT2D eigenvalue weighted by Crippen LogP contribution is -2.44. The molecule has 0 radical (unpaired) electrons. The van der Waals surface area contributed by atoms with Crippen LogP contribution in [0.1, 0.15) is 45.6 Å². The Balaban J connectivity index is 1.56. The van der Waals surface area contributed by atoms with E-state index >= 15 is 0 Å². The number of benzene rings is 1. The highest BCUT2D eigenvalue weighted by molar-refractivity contribution is 5.96. The average molecular weight is 374 g/mol. The molecule has 27 heavy (non-hydrogen) atoms. The van der Waals surface area contributed by atoms with Gasteiger partial charge in [0.1, 0.15) is 12.2 Å². The van der Waals surface area contributed by atoms with E-state index in [1.54, 1.807) is 20.8 Å². The second kappa shape index (κ2) is 7.58. The summed E-state index contributed by atoms with van der Waals surface area (Å²) >= 11 is 0. The first-order valence-electron chi connectivity index (χ1n) is 9.28. The topological polar surface area (TPSA) is 84.9 Å². The molecule has 1 aliphatic heterocycles. The van der Waals surface area contributed by atoms with Crippen LogP contribution < -0.4 is 5.32 Å². The third-order valence-electron chi connectivity index (χ3n) is 4.85. The van der Waals surface area contributed by atoms with Gasteiger partial charge in [-0.05, 0) is 45.6 Å². The highest BCUT2D eigenvalue weighted by Gasteiger charge is 2.51. The monoisotopic (exact) mass is 374 g/mol. The maximum absolute atomic E-state index is 12.7. The van der Waals surface area contributed by atoms with Gasteiger partial charge in [0.15, 0.2) is 0 Å². The molecular formula is C20H26N2O5. The largest absolute Gasteiger partial charge is 0.445 e. The molecule has 2 aliphatic rings. The van der Waals surface area contributed by atoms with Crippen LogP contribution in [0.25, 0.3) is 0 Å². The minimum Gasteiger partial charge on any atom is -0.445 e. The van der Waals surface area contributed by atoms with Gasteiger partial charge in [0.05, 0.1) is 5.92 Å². The molecule has 1 aromatic carbocycles. The lowest BCUT2D eigenvalue weighted by atomic mass is 9.85. The van der Waals surface area contributed by atoms with E-state index in [1.165, 1.54) is 4.90 Å². The number of imide groups is 1. The number of fused-ring (bicyclic) bond motifs is 2. The fourth-order valence-corrected chi connectivity index (χ4v) is 3.65. The summed E-state index contributed by atoms with van der Waals surface area (Å²) in [6, 6.07) is 8.90. The van der Waals surface area contributed by atoms with Gasteiger partial charge in [0.2, 0.25) is 5.91 Å². The zero-order chi connectivity index (χ0) is 19.6. The Kier molecular flexibility index (Phi) is 5.39. The van der Waals surface area contributed by atoms with Crippen molar-refractivity contribution in [3.63, 3.8) is 0 Å². The van der Waals surface area contributed by atoms with E-state index in [2.05, 4.69) is 5.32 Å². The summed E-state index contributed by atoms with van der Waals surface area (Å²) in [6.45, 7) is 5.48. The van der Waals surface area contributed by atoms with Gasteiger partial charge in [-0.25, -0.2) is 14.5 Å². The number of alkyl carbamates (subject to hydrolysis) is 1. The molecule has 146 valence electrons. The number of carbonyl (C=O) groups excluding carboxylic acids is 3. The number of nitrogens with zero attached hydrogens (tertiary/aromatic N) is 1. The highest BCUT2D eigenvalue weighted by atomic mass is 16.6. The number of ether oxygens (including phenoxy) is 2. The first kappa shape index (κ1) is 19.2. The average Bonchev–Trinajstić information content (AvgIpc) is 2.87. The Bertz CT molecular complexity index is 713. The molecule has 1 aromatic rings. The zero-order valence-electron chi connectivity index (χ0n) is 15.9. The minimum absolute atomic E-state index is 0.157. The van der Waals surface area contributed by atoms with Crippen LogP contribution in [0.5, 0.6) is 0 Å². The van der Waals surface area contributed by atoms with Gasteiger partial charge in [0.25, 0.3) is 0 Å². The zero-order valence-corrected chi connectivity index (χ0v) is 15.9. The van der Waals surface area contributed by atoms with Crippen molar-refractivity contribution in [3.05, 3.63) is 35.9 Å². The number of amides is 3. The quantitative estimate of drug-likeness (QED) is 0.878. The second-order valence-electron chi connectivity index (χ2n) is 8.07. The predicted octanol–water partition coefficient (Wildman–Crippen LogP) is 3.23. The van der Waals surface area contributed by atoms with Crippen molar-refractivity contribution in [2.45, 2.75) is 64.3 Å². The van der Waals surface area contributed by atoms with Gasteiger partial charge in [-0.3, -0.25) is 4.79 Å². The van der Waals surface area contributed by atoms with Crippen molar-refractivity contribution in [1.29, 1.82) is 0 Å². The third kappa shape index (κ3) is 4.59. The Morgan fingerprint density at radius 2 is 1.89 bits per heavy atom. The summed E-state index contributed by atoms with van der Waals surface area (Å²) in [7, 11) is 0. The van der Waals surface area contributed by atoms with Crippen LogP contribution in [-0.2, 0) is 20.9 Å². The molecule has 3 unspecified atom stereocenters. The van der Waals surface area contributed by atoms with Crippen molar-refractivity contribution in [2.75, 3.05) is 0 Å². The molecule has 1 N–H and O–H groups in total. The lowest BCUT2D eigenvalue weighted by molar-refractivity contribution is -0.131. The number of hydrogen-bond donors (Lipinski definition) is 1. The third-order valence-corrected chi connectivity index (χ3v) is 4.85. The van der Waals surface area contributed by atoms with Gasteiger partial charge < -0.3 is 14.8 Å². The van der Waals surface area contributed by atoms with Crippen LogP contribution in [0.15, 0.2) is 30.3 Å². The van der Waals surface area contributed by atoms with Crippen LogP contribution in [-0.4, -0.2) is 40.7 Å². The van der Waals surface area contributed by atoms with Gasteiger partial charge >= 0.3 is 12.2 Å². The van der Waals surface area contributed by atoms with Crippen LogP contribution >= 0.6 is 0 Å². The van der Waals surface area contributed by atoms with Crippen molar-refractivity contribution < 1.29 is 23.9 Å². The highest BCUT2D eigenvalue weighted by Crippen LogP contribution is 2.37. The van der Waals surface area contributed by atoms with Crippen LogP contribution in [0.2, 0.25) is 0 Å². The summed E-state index contributed by atoms with van der Waals surface area (Å²) in [5, 5.41) is 2.79. The second-order valence-corrected chi connectivity index (χ2v) is 8.07. The standard InChI is InChI=1S/C20H26N2O5/c1-20(2,3)27-19(25)22-14-9-10-16(15(11-14)17(22)23)21-18(24)26-12-13-7-5-4-6-8-13/h4-8,14-16H,9-12H2,1-3H3,(H,21,24). The summed E-state index contributed by atoms with van der Waals surface area (Å²) in [5.74, 6) is -0.694. The molecule has 3 rings (SSSR count). The summed E-state index contributed by atoms with van der Waals surface area (Å²) in [6.07, 6.45) is 0.659. The lowest BCUT2D eigenvalue weighted by Gasteiger charge is -2.28. The molecule has 2 fully saturated rings. The maximum Gasteiger partial charge on any atom is 0.417 e.